The molecule has 1 aromatic rings. The number of aryl methyl sites for hydroxylation is 1. The Labute approximate surface area is 79.9 Å². The van der Waals surface area contributed by atoms with Crippen LogP contribution in [-0.4, -0.2) is 9.78 Å². The van der Waals surface area contributed by atoms with Gasteiger partial charge in [0.15, 0.2) is 0 Å². The minimum absolute atomic E-state index is 0.0567. The monoisotopic (exact) mass is 181 g/mol. The summed E-state index contributed by atoms with van der Waals surface area (Å²) < 4.78 is 1.79. The summed E-state index contributed by atoms with van der Waals surface area (Å²) in [6, 6.07) is 2.05. The van der Waals surface area contributed by atoms with E-state index in [2.05, 4.69) is 25.9 Å². The van der Waals surface area contributed by atoms with Crippen molar-refractivity contribution in [1.29, 1.82) is 0 Å². The second-order valence-electron chi connectivity index (χ2n) is 4.04. The zero-order valence-electron chi connectivity index (χ0n) is 8.86. The smallest absolute Gasteiger partial charge is 0.0794 e. The van der Waals surface area contributed by atoms with Gasteiger partial charge in [0.25, 0.3) is 0 Å². The van der Waals surface area contributed by atoms with Crippen molar-refractivity contribution in [2.45, 2.75) is 26.8 Å². The fourth-order valence-electron chi connectivity index (χ4n) is 1.29. The van der Waals surface area contributed by atoms with Crippen molar-refractivity contribution in [2.24, 2.45) is 24.6 Å². The van der Waals surface area contributed by atoms with E-state index in [9.17, 15) is 0 Å². The van der Waals surface area contributed by atoms with Crippen LogP contribution in [0.15, 0.2) is 12.3 Å². The zero-order valence-corrected chi connectivity index (χ0v) is 8.86. The number of nitrogens with two attached hydrogens (primary N) is 1. The molecule has 0 aliphatic carbocycles. The molecule has 3 nitrogen and oxygen atoms in total. The number of aromatic nitrogens is 2. The maximum atomic E-state index is 6.08. The topological polar surface area (TPSA) is 43.8 Å². The van der Waals surface area contributed by atoms with Gasteiger partial charge in [0.05, 0.1) is 11.7 Å². The first-order valence-electron chi connectivity index (χ1n) is 4.77. The Morgan fingerprint density at radius 3 is 2.38 bits per heavy atom. The van der Waals surface area contributed by atoms with Gasteiger partial charge in [0.1, 0.15) is 0 Å². The van der Waals surface area contributed by atoms with Crippen molar-refractivity contribution in [3.63, 3.8) is 0 Å². The molecule has 1 heterocycles. The Morgan fingerprint density at radius 2 is 2.00 bits per heavy atom. The first-order chi connectivity index (χ1) is 6.02. The van der Waals surface area contributed by atoms with E-state index in [1.807, 2.05) is 19.3 Å². The molecule has 0 radical (unpaired) electrons. The first-order valence-corrected chi connectivity index (χ1v) is 4.77. The van der Waals surface area contributed by atoms with E-state index in [0.717, 1.165) is 5.69 Å². The van der Waals surface area contributed by atoms with Crippen LogP contribution >= 0.6 is 0 Å². The van der Waals surface area contributed by atoms with E-state index in [-0.39, 0.29) is 6.04 Å². The van der Waals surface area contributed by atoms with Crippen LogP contribution in [0.25, 0.3) is 0 Å². The molecular weight excluding hydrogens is 162 g/mol. The van der Waals surface area contributed by atoms with Crippen LogP contribution in [0.1, 0.15) is 32.5 Å². The molecule has 0 saturated heterocycles. The lowest BCUT2D eigenvalue weighted by atomic mass is 9.89. The average molecular weight is 181 g/mol. The largest absolute Gasteiger partial charge is 0.322 e. The molecule has 0 saturated carbocycles. The van der Waals surface area contributed by atoms with Gasteiger partial charge in [0.2, 0.25) is 0 Å². The molecule has 3 heteroatoms. The molecule has 0 aliphatic rings. The van der Waals surface area contributed by atoms with Crippen molar-refractivity contribution in [2.75, 3.05) is 0 Å². The highest BCUT2D eigenvalue weighted by molar-refractivity contribution is 5.05. The molecule has 74 valence electrons. The molecule has 2 N–H and O–H groups in total. The van der Waals surface area contributed by atoms with Gasteiger partial charge >= 0.3 is 0 Å². The quantitative estimate of drug-likeness (QED) is 0.771. The lowest BCUT2D eigenvalue weighted by Gasteiger charge is -2.21. The molecule has 1 rings (SSSR count). The number of hydrogen-bond donors (Lipinski definition) is 1. The summed E-state index contributed by atoms with van der Waals surface area (Å²) in [6.07, 6.45) is 1.93. The molecule has 13 heavy (non-hydrogen) atoms. The summed E-state index contributed by atoms with van der Waals surface area (Å²) in [5.41, 5.74) is 7.07. The molecule has 0 spiro atoms. The lowest BCUT2D eigenvalue weighted by molar-refractivity contribution is 0.346. The molecular formula is C10H19N3. The predicted molar refractivity (Wildman–Crippen MR) is 54.1 cm³/mol. The molecule has 0 fully saturated rings. The van der Waals surface area contributed by atoms with E-state index in [1.165, 1.54) is 0 Å². The maximum Gasteiger partial charge on any atom is 0.0794 e. The van der Waals surface area contributed by atoms with Crippen molar-refractivity contribution in [3.05, 3.63) is 18.0 Å². The van der Waals surface area contributed by atoms with E-state index in [0.29, 0.717) is 11.8 Å². The fourth-order valence-corrected chi connectivity index (χ4v) is 1.29. The summed E-state index contributed by atoms with van der Waals surface area (Å²) in [5, 5.41) is 4.31. The van der Waals surface area contributed by atoms with Gasteiger partial charge in [-0.05, 0) is 17.9 Å². The van der Waals surface area contributed by atoms with Crippen LogP contribution in [0.3, 0.4) is 0 Å². The molecule has 0 aromatic carbocycles. The van der Waals surface area contributed by atoms with Crippen LogP contribution in [-0.2, 0) is 7.05 Å². The highest BCUT2D eigenvalue weighted by Crippen LogP contribution is 2.23. The Kier molecular flexibility index (Phi) is 3.09. The average Bonchev–Trinajstić information content (AvgIpc) is 2.49. The summed E-state index contributed by atoms with van der Waals surface area (Å²) in [6.45, 7) is 6.55. The summed E-state index contributed by atoms with van der Waals surface area (Å²) in [7, 11) is 1.91. The van der Waals surface area contributed by atoms with Crippen LogP contribution in [0, 0.1) is 11.8 Å². The van der Waals surface area contributed by atoms with Crippen LogP contribution in [0.5, 0.6) is 0 Å². The van der Waals surface area contributed by atoms with Gasteiger partial charge in [0, 0.05) is 13.2 Å². The van der Waals surface area contributed by atoms with Gasteiger partial charge in [-0.1, -0.05) is 20.8 Å². The first kappa shape index (κ1) is 10.3. The molecule has 0 amide bonds. The van der Waals surface area contributed by atoms with Crippen molar-refractivity contribution < 1.29 is 0 Å². The second-order valence-corrected chi connectivity index (χ2v) is 4.04. The molecule has 0 bridgehead atoms. The normalized spacial score (nSPS) is 16.2. The predicted octanol–water partition coefficient (Wildman–Crippen LogP) is 1.71. The van der Waals surface area contributed by atoms with Gasteiger partial charge in [-0.25, -0.2) is 0 Å². The van der Waals surface area contributed by atoms with Gasteiger partial charge in [-0.2, -0.15) is 5.10 Å². The third-order valence-electron chi connectivity index (χ3n) is 2.69. The SMILES string of the molecule is CC(C)C(C)C(N)c1ccn(C)n1. The number of rotatable bonds is 3. The number of nitrogens with zero attached hydrogens (tertiary/aromatic N) is 2. The summed E-state index contributed by atoms with van der Waals surface area (Å²) >= 11 is 0. The third kappa shape index (κ3) is 2.31. The van der Waals surface area contributed by atoms with Crippen molar-refractivity contribution in [1.82, 2.24) is 9.78 Å². The molecule has 0 aliphatic heterocycles. The Morgan fingerprint density at radius 1 is 1.38 bits per heavy atom. The maximum absolute atomic E-state index is 6.08. The lowest BCUT2D eigenvalue weighted by Crippen LogP contribution is -2.23. The van der Waals surface area contributed by atoms with Crippen LogP contribution < -0.4 is 5.73 Å². The van der Waals surface area contributed by atoms with Crippen LogP contribution in [0.4, 0.5) is 0 Å². The second kappa shape index (κ2) is 3.92. The summed E-state index contributed by atoms with van der Waals surface area (Å²) in [4.78, 5) is 0. The highest BCUT2D eigenvalue weighted by Gasteiger charge is 2.19. The van der Waals surface area contributed by atoms with E-state index < -0.39 is 0 Å². The van der Waals surface area contributed by atoms with Crippen molar-refractivity contribution in [3.8, 4) is 0 Å². The minimum atomic E-state index is 0.0567. The Hall–Kier alpha value is -0.830. The molecule has 2 atom stereocenters. The molecule has 1 aromatic heterocycles. The van der Waals surface area contributed by atoms with Gasteiger partial charge < -0.3 is 5.73 Å². The third-order valence-corrected chi connectivity index (χ3v) is 2.69. The van der Waals surface area contributed by atoms with Gasteiger partial charge in [-0.15, -0.1) is 0 Å². The molecule has 2 unspecified atom stereocenters. The van der Waals surface area contributed by atoms with Gasteiger partial charge in [-0.3, -0.25) is 4.68 Å². The minimum Gasteiger partial charge on any atom is -0.322 e. The zero-order chi connectivity index (χ0) is 10.0. The van der Waals surface area contributed by atoms with E-state index in [4.69, 9.17) is 5.73 Å². The highest BCUT2D eigenvalue weighted by atomic mass is 15.3. The van der Waals surface area contributed by atoms with E-state index in [1.54, 1.807) is 4.68 Å². The summed E-state index contributed by atoms with van der Waals surface area (Å²) in [5.74, 6) is 1.06. The van der Waals surface area contributed by atoms with Crippen molar-refractivity contribution >= 4 is 0 Å². The fraction of sp³-hybridized carbons (Fsp3) is 0.700. The van der Waals surface area contributed by atoms with Crippen LogP contribution in [0.2, 0.25) is 0 Å². The standard InChI is InChI=1S/C10H19N3/c1-7(2)8(3)10(11)9-5-6-13(4)12-9/h5-8,10H,11H2,1-4H3. The Bertz CT molecular complexity index is 265. The number of hydrogen-bond acceptors (Lipinski definition) is 2. The Balaban J connectivity index is 2.73. The van der Waals surface area contributed by atoms with E-state index >= 15 is 0 Å².